The summed E-state index contributed by atoms with van der Waals surface area (Å²) in [6, 6.07) is 13.7. The van der Waals surface area contributed by atoms with Crippen LogP contribution in [-0.4, -0.2) is 25.7 Å². The van der Waals surface area contributed by atoms with Gasteiger partial charge in [-0.25, -0.2) is 0 Å². The van der Waals surface area contributed by atoms with Crippen molar-refractivity contribution in [2.24, 2.45) is 0 Å². The number of ether oxygens (including phenoxy) is 2. The molecule has 2 aromatic rings. The zero-order valence-electron chi connectivity index (χ0n) is 14.6. The van der Waals surface area contributed by atoms with E-state index in [2.05, 4.69) is 10.1 Å². The zero-order chi connectivity index (χ0) is 18.9. The summed E-state index contributed by atoms with van der Waals surface area (Å²) in [5, 5.41) is 2.88. The first-order valence-electron chi connectivity index (χ1n) is 8.12. The Kier molecular flexibility index (Phi) is 7.14. The van der Waals surface area contributed by atoms with Gasteiger partial charge < -0.3 is 14.8 Å². The second-order valence-corrected chi connectivity index (χ2v) is 5.75. The lowest BCUT2D eigenvalue weighted by molar-refractivity contribution is -0.117. The standard InChI is InChI=1S/C20H21F2NO3/c1-14(12-16-4-3-5-18(13-16)25-2)23-19(24)11-8-15-6-9-17(10-7-15)26-20(21)22/h3-11,13-14,20H,12H2,1-2H3,(H,23,24)/b11-8+. The maximum Gasteiger partial charge on any atom is 0.387 e. The Morgan fingerprint density at radius 2 is 1.88 bits per heavy atom. The summed E-state index contributed by atoms with van der Waals surface area (Å²) in [5.74, 6) is 0.627. The summed E-state index contributed by atoms with van der Waals surface area (Å²) in [4.78, 5) is 12.0. The van der Waals surface area contributed by atoms with E-state index in [4.69, 9.17) is 4.74 Å². The van der Waals surface area contributed by atoms with E-state index < -0.39 is 6.61 Å². The maximum absolute atomic E-state index is 12.1. The van der Waals surface area contributed by atoms with Crippen LogP contribution in [-0.2, 0) is 11.2 Å². The molecule has 2 aromatic carbocycles. The van der Waals surface area contributed by atoms with Gasteiger partial charge in [0.25, 0.3) is 0 Å². The number of methoxy groups -OCH3 is 1. The van der Waals surface area contributed by atoms with E-state index >= 15 is 0 Å². The van der Waals surface area contributed by atoms with Crippen molar-refractivity contribution in [2.45, 2.75) is 26.0 Å². The van der Waals surface area contributed by atoms with Gasteiger partial charge in [-0.3, -0.25) is 4.79 Å². The van der Waals surface area contributed by atoms with Gasteiger partial charge in [-0.1, -0.05) is 24.3 Å². The van der Waals surface area contributed by atoms with Crippen LogP contribution in [0.3, 0.4) is 0 Å². The number of hydrogen-bond acceptors (Lipinski definition) is 3. The van der Waals surface area contributed by atoms with Crippen LogP contribution in [0.15, 0.2) is 54.6 Å². The van der Waals surface area contributed by atoms with E-state index in [9.17, 15) is 13.6 Å². The fourth-order valence-corrected chi connectivity index (χ4v) is 2.43. The van der Waals surface area contributed by atoms with Gasteiger partial charge in [-0.15, -0.1) is 0 Å². The summed E-state index contributed by atoms with van der Waals surface area (Å²) in [5.41, 5.74) is 1.78. The monoisotopic (exact) mass is 361 g/mol. The Balaban J connectivity index is 1.85. The summed E-state index contributed by atoms with van der Waals surface area (Å²) < 4.78 is 33.7. The third-order valence-corrected chi connectivity index (χ3v) is 3.60. The number of carbonyl (C=O) groups is 1. The Morgan fingerprint density at radius 1 is 1.15 bits per heavy atom. The molecule has 138 valence electrons. The second kappa shape index (κ2) is 9.56. The highest BCUT2D eigenvalue weighted by atomic mass is 19.3. The maximum atomic E-state index is 12.1. The fraction of sp³-hybridized carbons (Fsp3) is 0.250. The van der Waals surface area contributed by atoms with Crippen LogP contribution in [0.2, 0.25) is 0 Å². The van der Waals surface area contributed by atoms with Gasteiger partial charge in [0, 0.05) is 12.1 Å². The molecular formula is C20H21F2NO3. The molecule has 0 spiro atoms. The number of nitrogens with one attached hydrogen (secondary N) is 1. The van der Waals surface area contributed by atoms with E-state index in [1.54, 1.807) is 25.3 Å². The first kappa shape index (κ1) is 19.4. The fourth-order valence-electron chi connectivity index (χ4n) is 2.43. The normalized spacial score (nSPS) is 12.2. The molecule has 1 amide bonds. The number of amides is 1. The molecule has 2 rings (SSSR count). The molecule has 0 bridgehead atoms. The predicted molar refractivity (Wildman–Crippen MR) is 96.4 cm³/mol. The van der Waals surface area contributed by atoms with Gasteiger partial charge in [-0.2, -0.15) is 8.78 Å². The van der Waals surface area contributed by atoms with Crippen molar-refractivity contribution in [2.75, 3.05) is 7.11 Å². The van der Waals surface area contributed by atoms with Gasteiger partial charge in [0.1, 0.15) is 11.5 Å². The molecule has 1 N–H and O–H groups in total. The minimum atomic E-state index is -2.85. The van der Waals surface area contributed by atoms with E-state index in [1.807, 2.05) is 31.2 Å². The van der Waals surface area contributed by atoms with E-state index in [0.717, 1.165) is 11.3 Å². The van der Waals surface area contributed by atoms with Crippen molar-refractivity contribution in [3.05, 3.63) is 65.7 Å². The van der Waals surface area contributed by atoms with Crippen molar-refractivity contribution >= 4 is 12.0 Å². The largest absolute Gasteiger partial charge is 0.497 e. The van der Waals surface area contributed by atoms with E-state index in [1.165, 1.54) is 18.2 Å². The molecule has 0 saturated carbocycles. The number of halogens is 2. The zero-order valence-corrected chi connectivity index (χ0v) is 14.6. The van der Waals surface area contributed by atoms with Crippen molar-refractivity contribution in [1.82, 2.24) is 5.32 Å². The lowest BCUT2D eigenvalue weighted by Crippen LogP contribution is -2.32. The van der Waals surface area contributed by atoms with Crippen LogP contribution in [0.1, 0.15) is 18.1 Å². The Bertz CT molecular complexity index is 745. The van der Waals surface area contributed by atoms with Crippen molar-refractivity contribution in [1.29, 1.82) is 0 Å². The Morgan fingerprint density at radius 3 is 2.54 bits per heavy atom. The molecule has 0 fully saturated rings. The first-order chi connectivity index (χ1) is 12.5. The molecule has 1 atom stereocenters. The lowest BCUT2D eigenvalue weighted by Gasteiger charge is -2.13. The number of benzene rings is 2. The number of hydrogen-bond donors (Lipinski definition) is 1. The lowest BCUT2D eigenvalue weighted by atomic mass is 10.1. The van der Waals surface area contributed by atoms with Gasteiger partial charge in [0.2, 0.25) is 5.91 Å². The van der Waals surface area contributed by atoms with Crippen molar-refractivity contribution in [3.63, 3.8) is 0 Å². The highest BCUT2D eigenvalue weighted by Gasteiger charge is 2.07. The molecule has 0 saturated heterocycles. The second-order valence-electron chi connectivity index (χ2n) is 5.75. The minimum Gasteiger partial charge on any atom is -0.497 e. The molecule has 0 heterocycles. The van der Waals surface area contributed by atoms with Crippen LogP contribution in [0.4, 0.5) is 8.78 Å². The number of rotatable bonds is 8. The highest BCUT2D eigenvalue weighted by Crippen LogP contribution is 2.16. The summed E-state index contributed by atoms with van der Waals surface area (Å²) in [7, 11) is 1.61. The van der Waals surface area contributed by atoms with E-state index in [0.29, 0.717) is 12.0 Å². The summed E-state index contributed by atoms with van der Waals surface area (Å²) in [6.45, 7) is -0.935. The van der Waals surface area contributed by atoms with Crippen LogP contribution in [0.5, 0.6) is 11.5 Å². The topological polar surface area (TPSA) is 47.6 Å². The van der Waals surface area contributed by atoms with Crippen molar-refractivity contribution < 1.29 is 23.0 Å². The average molecular weight is 361 g/mol. The first-order valence-corrected chi connectivity index (χ1v) is 8.12. The van der Waals surface area contributed by atoms with Gasteiger partial charge in [0.15, 0.2) is 0 Å². The molecular weight excluding hydrogens is 340 g/mol. The SMILES string of the molecule is COc1cccc(CC(C)NC(=O)/C=C/c2ccc(OC(F)F)cc2)c1. The number of carbonyl (C=O) groups excluding carboxylic acids is 1. The van der Waals surface area contributed by atoms with Crippen LogP contribution in [0, 0.1) is 0 Å². The number of alkyl halides is 2. The van der Waals surface area contributed by atoms with Crippen LogP contribution in [0.25, 0.3) is 6.08 Å². The highest BCUT2D eigenvalue weighted by molar-refractivity contribution is 5.91. The molecule has 0 radical (unpaired) electrons. The quantitative estimate of drug-likeness (QED) is 0.722. The molecule has 1 unspecified atom stereocenters. The van der Waals surface area contributed by atoms with Gasteiger partial charge >= 0.3 is 6.61 Å². The third-order valence-electron chi connectivity index (χ3n) is 3.60. The molecule has 0 aliphatic carbocycles. The minimum absolute atomic E-state index is 0.0546. The smallest absolute Gasteiger partial charge is 0.387 e. The van der Waals surface area contributed by atoms with Crippen LogP contribution < -0.4 is 14.8 Å². The predicted octanol–water partition coefficient (Wildman–Crippen LogP) is 4.06. The molecule has 4 nitrogen and oxygen atoms in total. The Labute approximate surface area is 151 Å². The molecule has 0 aliphatic rings. The van der Waals surface area contributed by atoms with Gasteiger partial charge in [-0.05, 0) is 54.8 Å². The molecule has 0 aromatic heterocycles. The van der Waals surface area contributed by atoms with Crippen molar-refractivity contribution in [3.8, 4) is 11.5 Å². The summed E-state index contributed by atoms with van der Waals surface area (Å²) >= 11 is 0. The third kappa shape index (κ3) is 6.55. The van der Waals surface area contributed by atoms with Crippen LogP contribution >= 0.6 is 0 Å². The van der Waals surface area contributed by atoms with E-state index in [-0.39, 0.29) is 17.7 Å². The molecule has 26 heavy (non-hydrogen) atoms. The molecule has 0 aliphatic heterocycles. The Hall–Kier alpha value is -2.89. The van der Waals surface area contributed by atoms with Gasteiger partial charge in [0.05, 0.1) is 7.11 Å². The summed E-state index contributed by atoms with van der Waals surface area (Å²) in [6.07, 6.45) is 3.70. The molecule has 6 heteroatoms. The average Bonchev–Trinajstić information content (AvgIpc) is 2.60.